The fourth-order valence-electron chi connectivity index (χ4n) is 2.87. The van der Waals surface area contributed by atoms with Crippen molar-refractivity contribution in [2.24, 2.45) is 0 Å². The molecular formula is C16H21N3O2S2. The lowest BCUT2D eigenvalue weighted by Gasteiger charge is -2.18. The van der Waals surface area contributed by atoms with Gasteiger partial charge in [-0.25, -0.2) is 8.42 Å². The molecule has 1 atom stereocenters. The summed E-state index contributed by atoms with van der Waals surface area (Å²) in [5, 5.41) is 1.80. The number of anilines is 1. The number of aryl methyl sites for hydroxylation is 1. The number of pyridine rings is 1. The van der Waals surface area contributed by atoms with Gasteiger partial charge in [-0.3, -0.25) is 4.98 Å². The van der Waals surface area contributed by atoms with Gasteiger partial charge in [0.15, 0.2) is 0 Å². The van der Waals surface area contributed by atoms with Gasteiger partial charge in [-0.05, 0) is 36.9 Å². The Kier molecular flexibility index (Phi) is 4.44. The van der Waals surface area contributed by atoms with Crippen LogP contribution < -0.4 is 4.90 Å². The van der Waals surface area contributed by atoms with E-state index in [2.05, 4.69) is 11.1 Å². The van der Waals surface area contributed by atoms with Crippen LogP contribution in [0.5, 0.6) is 0 Å². The Bertz CT molecular complexity index is 786. The standard InChI is InChI=1S/C16H21N3O2S2/c1-12-9-14(18(2)3)10-15(17-12)13-6-7-19(11-13)23(20,21)16-5-4-8-22-16/h4-5,8-10,13H,6-7,11H2,1-3H3/t13-/m0/s1. The largest absolute Gasteiger partial charge is 0.378 e. The Balaban J connectivity index is 1.83. The molecule has 0 amide bonds. The predicted molar refractivity (Wildman–Crippen MR) is 93.7 cm³/mol. The summed E-state index contributed by atoms with van der Waals surface area (Å²) in [4.78, 5) is 6.68. The highest BCUT2D eigenvalue weighted by molar-refractivity contribution is 7.91. The van der Waals surface area contributed by atoms with Gasteiger partial charge >= 0.3 is 0 Å². The highest BCUT2D eigenvalue weighted by Crippen LogP contribution is 2.32. The van der Waals surface area contributed by atoms with Gasteiger partial charge in [0, 0.05) is 50.2 Å². The van der Waals surface area contributed by atoms with Gasteiger partial charge in [0.1, 0.15) is 4.21 Å². The minimum atomic E-state index is -3.36. The molecule has 0 spiro atoms. The molecule has 0 aliphatic carbocycles. The molecule has 124 valence electrons. The summed E-state index contributed by atoms with van der Waals surface area (Å²) in [6.07, 6.45) is 0.813. The molecule has 0 radical (unpaired) electrons. The summed E-state index contributed by atoms with van der Waals surface area (Å²) in [6, 6.07) is 7.55. The van der Waals surface area contributed by atoms with E-state index >= 15 is 0 Å². The molecule has 1 saturated heterocycles. The third-order valence-corrected chi connectivity index (χ3v) is 7.37. The molecule has 5 nitrogen and oxygen atoms in total. The lowest BCUT2D eigenvalue weighted by atomic mass is 10.0. The van der Waals surface area contributed by atoms with E-state index in [-0.39, 0.29) is 5.92 Å². The van der Waals surface area contributed by atoms with Crippen molar-refractivity contribution < 1.29 is 8.42 Å². The lowest BCUT2D eigenvalue weighted by Crippen LogP contribution is -2.28. The van der Waals surface area contributed by atoms with Gasteiger partial charge in [-0.2, -0.15) is 4.31 Å². The molecule has 0 bridgehead atoms. The summed E-state index contributed by atoms with van der Waals surface area (Å²) >= 11 is 1.27. The van der Waals surface area contributed by atoms with Crippen LogP contribution in [0.25, 0.3) is 0 Å². The number of nitrogens with zero attached hydrogens (tertiary/aromatic N) is 3. The van der Waals surface area contributed by atoms with Crippen molar-refractivity contribution in [1.29, 1.82) is 0 Å². The van der Waals surface area contributed by atoms with Crippen molar-refractivity contribution in [3.05, 3.63) is 41.0 Å². The maximum Gasteiger partial charge on any atom is 0.252 e. The topological polar surface area (TPSA) is 53.5 Å². The molecular weight excluding hydrogens is 330 g/mol. The van der Waals surface area contributed by atoms with E-state index in [1.807, 2.05) is 32.0 Å². The van der Waals surface area contributed by atoms with E-state index in [0.29, 0.717) is 17.3 Å². The summed E-state index contributed by atoms with van der Waals surface area (Å²) in [6.45, 7) is 3.03. The van der Waals surface area contributed by atoms with Crippen LogP contribution in [-0.4, -0.2) is 44.9 Å². The predicted octanol–water partition coefficient (Wildman–Crippen LogP) is 2.70. The summed E-state index contributed by atoms with van der Waals surface area (Å²) in [5.41, 5.74) is 3.05. The second kappa shape index (κ2) is 6.22. The SMILES string of the molecule is Cc1cc(N(C)C)cc([C@H]2CCN(S(=O)(=O)c3cccs3)C2)n1. The normalized spacial score (nSPS) is 19.2. The van der Waals surface area contributed by atoms with E-state index in [0.717, 1.165) is 23.5 Å². The van der Waals surface area contributed by atoms with Gasteiger partial charge in [0.2, 0.25) is 0 Å². The molecule has 1 fully saturated rings. The first kappa shape index (κ1) is 16.4. The zero-order valence-electron chi connectivity index (χ0n) is 13.6. The average Bonchev–Trinajstić information content (AvgIpc) is 3.18. The minimum Gasteiger partial charge on any atom is -0.378 e. The summed E-state index contributed by atoms with van der Waals surface area (Å²) in [5.74, 6) is 0.156. The number of sulfonamides is 1. The second-order valence-electron chi connectivity index (χ2n) is 6.07. The van der Waals surface area contributed by atoms with Crippen LogP contribution >= 0.6 is 11.3 Å². The van der Waals surface area contributed by atoms with Gasteiger partial charge in [0.25, 0.3) is 10.0 Å². The molecule has 0 aromatic carbocycles. The zero-order valence-corrected chi connectivity index (χ0v) is 15.2. The Labute approximate surface area is 141 Å². The third-order valence-electron chi connectivity index (χ3n) is 4.13. The fraction of sp³-hybridized carbons (Fsp3) is 0.438. The molecule has 7 heteroatoms. The Hall–Kier alpha value is -1.44. The van der Waals surface area contributed by atoms with Crippen LogP contribution in [0.2, 0.25) is 0 Å². The molecule has 2 aromatic heterocycles. The first-order chi connectivity index (χ1) is 10.9. The van der Waals surface area contributed by atoms with Crippen molar-refractivity contribution in [2.45, 2.75) is 23.5 Å². The first-order valence-corrected chi connectivity index (χ1v) is 9.89. The van der Waals surface area contributed by atoms with E-state index in [4.69, 9.17) is 0 Å². The number of hydrogen-bond donors (Lipinski definition) is 0. The molecule has 1 aliphatic rings. The second-order valence-corrected chi connectivity index (χ2v) is 9.18. The summed E-state index contributed by atoms with van der Waals surface area (Å²) in [7, 11) is 0.642. The first-order valence-electron chi connectivity index (χ1n) is 7.57. The van der Waals surface area contributed by atoms with Crippen LogP contribution in [0.15, 0.2) is 33.9 Å². The fourth-order valence-corrected chi connectivity index (χ4v) is 5.51. The Morgan fingerprint density at radius 2 is 2.13 bits per heavy atom. The zero-order chi connectivity index (χ0) is 16.6. The van der Waals surface area contributed by atoms with Crippen molar-refractivity contribution in [3.8, 4) is 0 Å². The average molecular weight is 351 g/mol. The Morgan fingerprint density at radius 1 is 1.35 bits per heavy atom. The highest BCUT2D eigenvalue weighted by Gasteiger charge is 2.34. The van der Waals surface area contributed by atoms with Crippen molar-refractivity contribution >= 4 is 27.0 Å². The molecule has 3 heterocycles. The van der Waals surface area contributed by atoms with Gasteiger partial charge in [-0.15, -0.1) is 11.3 Å². The van der Waals surface area contributed by atoms with Crippen LogP contribution in [0.4, 0.5) is 5.69 Å². The van der Waals surface area contributed by atoms with Crippen LogP contribution in [0.1, 0.15) is 23.7 Å². The van der Waals surface area contributed by atoms with Crippen molar-refractivity contribution in [1.82, 2.24) is 9.29 Å². The maximum absolute atomic E-state index is 12.6. The number of thiophene rings is 1. The number of hydrogen-bond acceptors (Lipinski definition) is 5. The molecule has 0 unspecified atom stereocenters. The monoisotopic (exact) mass is 351 g/mol. The van der Waals surface area contributed by atoms with Gasteiger partial charge in [0.05, 0.1) is 0 Å². The number of aromatic nitrogens is 1. The maximum atomic E-state index is 12.6. The van der Waals surface area contributed by atoms with E-state index in [1.165, 1.54) is 11.3 Å². The third kappa shape index (κ3) is 3.27. The van der Waals surface area contributed by atoms with Crippen LogP contribution in [-0.2, 0) is 10.0 Å². The molecule has 3 rings (SSSR count). The van der Waals surface area contributed by atoms with Gasteiger partial charge in [-0.1, -0.05) is 6.07 Å². The molecule has 23 heavy (non-hydrogen) atoms. The minimum absolute atomic E-state index is 0.156. The quantitative estimate of drug-likeness (QED) is 0.850. The van der Waals surface area contributed by atoms with Crippen LogP contribution in [0.3, 0.4) is 0 Å². The Morgan fingerprint density at radius 3 is 2.78 bits per heavy atom. The molecule has 0 N–H and O–H groups in total. The van der Waals surface area contributed by atoms with Crippen molar-refractivity contribution in [3.63, 3.8) is 0 Å². The highest BCUT2D eigenvalue weighted by atomic mass is 32.2. The van der Waals surface area contributed by atoms with Gasteiger partial charge < -0.3 is 4.90 Å². The van der Waals surface area contributed by atoms with Crippen LogP contribution in [0, 0.1) is 6.92 Å². The summed E-state index contributed by atoms with van der Waals surface area (Å²) < 4.78 is 27.3. The van der Waals surface area contributed by atoms with Crippen molar-refractivity contribution in [2.75, 3.05) is 32.1 Å². The smallest absolute Gasteiger partial charge is 0.252 e. The molecule has 1 aliphatic heterocycles. The van der Waals surface area contributed by atoms with E-state index < -0.39 is 10.0 Å². The lowest BCUT2D eigenvalue weighted by molar-refractivity contribution is 0.474. The molecule has 2 aromatic rings. The number of rotatable bonds is 4. The van der Waals surface area contributed by atoms with E-state index in [1.54, 1.807) is 21.8 Å². The molecule has 0 saturated carbocycles. The van der Waals surface area contributed by atoms with E-state index in [9.17, 15) is 8.42 Å².